The fourth-order valence-corrected chi connectivity index (χ4v) is 2.77. The summed E-state index contributed by atoms with van der Waals surface area (Å²) in [6.07, 6.45) is 5.79. The van der Waals surface area contributed by atoms with Crippen LogP contribution in [-0.4, -0.2) is 23.3 Å². The van der Waals surface area contributed by atoms with Gasteiger partial charge in [-0.25, -0.2) is 0 Å². The molecule has 0 saturated carbocycles. The zero-order chi connectivity index (χ0) is 12.3. The van der Waals surface area contributed by atoms with Crippen molar-refractivity contribution in [2.24, 2.45) is 5.10 Å². The maximum atomic E-state index is 4.64. The Balaban J connectivity index is 2.08. The zero-order valence-electron chi connectivity index (χ0n) is 10.4. The SMILES string of the molecule is C[C@@H]1CCC[C@@H](C)N1/N=C\c1cccc(Br)c1. The molecule has 0 bridgehead atoms. The molecular formula is C14H19BrN2. The van der Waals surface area contributed by atoms with E-state index in [0.29, 0.717) is 12.1 Å². The summed E-state index contributed by atoms with van der Waals surface area (Å²) < 4.78 is 1.10. The Hall–Kier alpha value is -0.830. The molecule has 0 aromatic heterocycles. The Morgan fingerprint density at radius 1 is 1.29 bits per heavy atom. The third kappa shape index (κ3) is 3.32. The lowest BCUT2D eigenvalue weighted by atomic mass is 10.00. The number of benzene rings is 1. The third-order valence-corrected chi connectivity index (χ3v) is 3.83. The topological polar surface area (TPSA) is 15.6 Å². The van der Waals surface area contributed by atoms with Gasteiger partial charge in [0.15, 0.2) is 0 Å². The summed E-state index contributed by atoms with van der Waals surface area (Å²) in [6.45, 7) is 4.52. The van der Waals surface area contributed by atoms with Crippen LogP contribution in [0.25, 0.3) is 0 Å². The van der Waals surface area contributed by atoms with Crippen molar-refractivity contribution in [3.63, 3.8) is 0 Å². The number of halogens is 1. The molecule has 0 radical (unpaired) electrons. The van der Waals surface area contributed by atoms with Gasteiger partial charge in [-0.3, -0.25) is 5.01 Å². The van der Waals surface area contributed by atoms with Gasteiger partial charge in [-0.15, -0.1) is 0 Å². The maximum absolute atomic E-state index is 4.64. The van der Waals surface area contributed by atoms with E-state index in [9.17, 15) is 0 Å². The predicted molar refractivity (Wildman–Crippen MR) is 76.4 cm³/mol. The van der Waals surface area contributed by atoms with Crippen molar-refractivity contribution in [3.8, 4) is 0 Å². The van der Waals surface area contributed by atoms with Gasteiger partial charge in [0.25, 0.3) is 0 Å². The normalized spacial score (nSPS) is 25.5. The fraction of sp³-hybridized carbons (Fsp3) is 0.500. The zero-order valence-corrected chi connectivity index (χ0v) is 12.0. The Kier molecular flexibility index (Phi) is 4.21. The summed E-state index contributed by atoms with van der Waals surface area (Å²) in [6, 6.07) is 9.35. The molecule has 3 heteroatoms. The molecule has 0 N–H and O–H groups in total. The second kappa shape index (κ2) is 5.67. The molecule has 1 aromatic carbocycles. The number of rotatable bonds is 2. The highest BCUT2D eigenvalue weighted by molar-refractivity contribution is 9.10. The Labute approximate surface area is 112 Å². The van der Waals surface area contributed by atoms with Gasteiger partial charge in [0.2, 0.25) is 0 Å². The monoisotopic (exact) mass is 294 g/mol. The first-order chi connectivity index (χ1) is 8.16. The van der Waals surface area contributed by atoms with Crippen LogP contribution >= 0.6 is 15.9 Å². The predicted octanol–water partition coefficient (Wildman–Crippen LogP) is 4.05. The molecule has 1 aromatic rings. The van der Waals surface area contributed by atoms with Crippen LogP contribution in [0.1, 0.15) is 38.7 Å². The van der Waals surface area contributed by atoms with E-state index in [1.807, 2.05) is 18.3 Å². The number of nitrogens with zero attached hydrogens (tertiary/aromatic N) is 2. The minimum Gasteiger partial charge on any atom is -0.292 e. The van der Waals surface area contributed by atoms with Crippen LogP contribution in [0.4, 0.5) is 0 Å². The Morgan fingerprint density at radius 3 is 2.65 bits per heavy atom. The maximum Gasteiger partial charge on any atom is 0.0543 e. The smallest absolute Gasteiger partial charge is 0.0543 e. The van der Waals surface area contributed by atoms with E-state index in [1.54, 1.807) is 0 Å². The molecule has 0 aliphatic carbocycles. The average Bonchev–Trinajstić information content (AvgIpc) is 2.28. The molecule has 1 fully saturated rings. The van der Waals surface area contributed by atoms with Gasteiger partial charge in [-0.2, -0.15) is 5.10 Å². The average molecular weight is 295 g/mol. The van der Waals surface area contributed by atoms with Crippen molar-refractivity contribution in [1.82, 2.24) is 5.01 Å². The highest BCUT2D eigenvalue weighted by Gasteiger charge is 2.22. The van der Waals surface area contributed by atoms with Crippen LogP contribution in [-0.2, 0) is 0 Å². The van der Waals surface area contributed by atoms with E-state index < -0.39 is 0 Å². The van der Waals surface area contributed by atoms with E-state index in [2.05, 4.69) is 52.0 Å². The van der Waals surface area contributed by atoms with Crippen LogP contribution in [0.2, 0.25) is 0 Å². The van der Waals surface area contributed by atoms with Gasteiger partial charge in [0.1, 0.15) is 0 Å². The molecule has 0 spiro atoms. The first-order valence-corrected chi connectivity index (χ1v) is 7.04. The molecule has 1 saturated heterocycles. The Morgan fingerprint density at radius 2 is 2.00 bits per heavy atom. The highest BCUT2D eigenvalue weighted by atomic mass is 79.9. The standard InChI is InChI=1S/C14H19BrN2/c1-11-5-3-6-12(2)17(11)16-10-13-7-4-8-14(15)9-13/h4,7-12H,3,5-6H2,1-2H3/b16-10-/t11-,12-/m1/s1. The number of hydrazone groups is 1. The summed E-state index contributed by atoms with van der Waals surface area (Å²) in [7, 11) is 0. The summed E-state index contributed by atoms with van der Waals surface area (Å²) in [5.41, 5.74) is 1.14. The lowest BCUT2D eigenvalue weighted by molar-refractivity contribution is 0.109. The molecule has 1 aliphatic rings. The van der Waals surface area contributed by atoms with Crippen molar-refractivity contribution in [3.05, 3.63) is 34.3 Å². The van der Waals surface area contributed by atoms with Gasteiger partial charge < -0.3 is 0 Å². The molecule has 0 amide bonds. The molecular weight excluding hydrogens is 276 g/mol. The van der Waals surface area contributed by atoms with Crippen LogP contribution < -0.4 is 0 Å². The minimum absolute atomic E-state index is 0.558. The second-order valence-electron chi connectivity index (χ2n) is 4.81. The first kappa shape index (κ1) is 12.6. The van der Waals surface area contributed by atoms with Crippen molar-refractivity contribution < 1.29 is 0 Å². The van der Waals surface area contributed by atoms with Crippen LogP contribution in [0.3, 0.4) is 0 Å². The fourth-order valence-electron chi connectivity index (χ4n) is 2.36. The molecule has 1 aliphatic heterocycles. The molecule has 2 rings (SSSR count). The van der Waals surface area contributed by atoms with Crippen molar-refractivity contribution in [2.45, 2.75) is 45.2 Å². The lowest BCUT2D eigenvalue weighted by Gasteiger charge is -2.36. The summed E-state index contributed by atoms with van der Waals surface area (Å²) in [5, 5.41) is 6.88. The Bertz CT molecular complexity index is 393. The number of hydrogen-bond acceptors (Lipinski definition) is 2. The molecule has 92 valence electrons. The summed E-state index contributed by atoms with van der Waals surface area (Å²) in [5.74, 6) is 0. The molecule has 1 heterocycles. The third-order valence-electron chi connectivity index (χ3n) is 3.34. The number of piperidine rings is 1. The molecule has 17 heavy (non-hydrogen) atoms. The molecule has 2 nitrogen and oxygen atoms in total. The van der Waals surface area contributed by atoms with Crippen LogP contribution in [0.15, 0.2) is 33.8 Å². The van der Waals surface area contributed by atoms with Gasteiger partial charge in [0.05, 0.1) is 6.21 Å². The summed E-state index contributed by atoms with van der Waals surface area (Å²) >= 11 is 3.48. The second-order valence-corrected chi connectivity index (χ2v) is 5.72. The molecule has 0 unspecified atom stereocenters. The van der Waals surface area contributed by atoms with Crippen molar-refractivity contribution in [1.29, 1.82) is 0 Å². The van der Waals surface area contributed by atoms with Gasteiger partial charge in [-0.05, 0) is 50.8 Å². The quantitative estimate of drug-likeness (QED) is 0.752. The minimum atomic E-state index is 0.558. The van der Waals surface area contributed by atoms with E-state index >= 15 is 0 Å². The first-order valence-electron chi connectivity index (χ1n) is 6.24. The van der Waals surface area contributed by atoms with Crippen molar-refractivity contribution in [2.75, 3.05) is 0 Å². The summed E-state index contributed by atoms with van der Waals surface area (Å²) in [4.78, 5) is 0. The largest absolute Gasteiger partial charge is 0.292 e. The van der Waals surface area contributed by atoms with Crippen LogP contribution in [0, 0.1) is 0 Å². The highest BCUT2D eigenvalue weighted by Crippen LogP contribution is 2.22. The van der Waals surface area contributed by atoms with E-state index in [0.717, 1.165) is 10.0 Å². The van der Waals surface area contributed by atoms with Gasteiger partial charge >= 0.3 is 0 Å². The van der Waals surface area contributed by atoms with E-state index in [1.165, 1.54) is 19.3 Å². The number of hydrogen-bond donors (Lipinski definition) is 0. The molecule has 2 atom stereocenters. The van der Waals surface area contributed by atoms with Crippen molar-refractivity contribution >= 4 is 22.1 Å². The van der Waals surface area contributed by atoms with E-state index in [4.69, 9.17) is 0 Å². The van der Waals surface area contributed by atoms with E-state index in [-0.39, 0.29) is 0 Å². The van der Waals surface area contributed by atoms with Crippen LogP contribution in [0.5, 0.6) is 0 Å². The lowest BCUT2D eigenvalue weighted by Crippen LogP contribution is -2.39. The van der Waals surface area contributed by atoms with Gasteiger partial charge in [0, 0.05) is 16.6 Å². The van der Waals surface area contributed by atoms with Gasteiger partial charge in [-0.1, -0.05) is 28.1 Å².